The number of benzene rings is 3. The van der Waals surface area contributed by atoms with E-state index in [-0.39, 0.29) is 61.8 Å². The number of ether oxygens (including phenoxy) is 4. The first-order valence-electron chi connectivity index (χ1n) is 29.4. The molecule has 2 unspecified atom stereocenters. The summed E-state index contributed by atoms with van der Waals surface area (Å²) in [7, 11) is 3.18. The van der Waals surface area contributed by atoms with Crippen LogP contribution in [0.25, 0.3) is 0 Å². The number of carbonyl (C=O) groups is 3. The number of rotatable bonds is 8. The van der Waals surface area contributed by atoms with Crippen molar-refractivity contribution in [2.24, 2.45) is 17.8 Å². The molecule has 5 N–H and O–H groups in total. The maximum absolute atomic E-state index is 12.8. The molecule has 9 fully saturated rings. The van der Waals surface area contributed by atoms with Gasteiger partial charge in [0.05, 0.1) is 41.9 Å². The van der Waals surface area contributed by atoms with E-state index in [2.05, 4.69) is 20.8 Å². The number of fused-ring (bicyclic) bond motifs is 1. The topological polar surface area (TPSA) is 199 Å². The molecule has 6 saturated carbocycles. The van der Waals surface area contributed by atoms with Gasteiger partial charge >= 0.3 is 0 Å². The van der Waals surface area contributed by atoms with Gasteiger partial charge in [-0.05, 0) is 169 Å². The van der Waals surface area contributed by atoms with Crippen LogP contribution >= 0.6 is 0 Å². The van der Waals surface area contributed by atoms with Crippen LogP contribution in [0.3, 0.4) is 0 Å². The maximum atomic E-state index is 12.8. The zero-order chi connectivity index (χ0) is 52.8. The van der Waals surface area contributed by atoms with Crippen LogP contribution in [-0.2, 0) is 49.9 Å². The number of methoxy groups -OCH3 is 2. The van der Waals surface area contributed by atoms with Gasteiger partial charge in [0, 0.05) is 85.5 Å². The first kappa shape index (κ1) is 53.5. The Morgan fingerprint density at radius 1 is 0.532 bits per heavy atom. The Morgan fingerprint density at radius 3 is 1.47 bits per heavy atom. The van der Waals surface area contributed by atoms with Crippen LogP contribution in [0, 0.1) is 17.8 Å². The summed E-state index contributed by atoms with van der Waals surface area (Å²) < 4.78 is 23.2. The Labute approximate surface area is 464 Å². The fourth-order valence-electron chi connectivity index (χ4n) is 18.7. The molecule has 426 valence electrons. The van der Waals surface area contributed by atoms with Crippen molar-refractivity contribution in [3.63, 3.8) is 0 Å². The molecule has 15 nitrogen and oxygen atoms in total. The van der Waals surface area contributed by atoms with Crippen LogP contribution in [0.15, 0.2) is 36.4 Å². The van der Waals surface area contributed by atoms with Crippen molar-refractivity contribution in [3.05, 3.63) is 69.8 Å². The van der Waals surface area contributed by atoms with Crippen molar-refractivity contribution in [1.82, 2.24) is 14.7 Å². The van der Waals surface area contributed by atoms with E-state index in [0.717, 1.165) is 117 Å². The minimum atomic E-state index is -0.953. The van der Waals surface area contributed by atoms with Crippen LogP contribution in [-0.4, -0.2) is 158 Å². The SMILES string of the molecule is C.C.COc1ccc2c(c1O)[C@]13CCN(CC4CC4)[C@H](C2)[C@]1(O)CCC(=O)C3.COc1ccc2c3c1OC1C(=O)CC[C@@]4(O)[C@@H](C2)N(CC2CC2)CC[C@]314.O=C1CC[C@@]2(O)[C@H]3Cc4ccc(O)c5c4[C@@]2(CCN3CC2CC2)C1O5. The highest BCUT2D eigenvalue weighted by Crippen LogP contribution is 2.67. The minimum Gasteiger partial charge on any atom is -0.504 e. The van der Waals surface area contributed by atoms with Crippen molar-refractivity contribution in [1.29, 1.82) is 0 Å². The monoisotopic (exact) mass is 1090 g/mol. The first-order chi connectivity index (χ1) is 37.1. The molecule has 9 aliphatic carbocycles. The van der Waals surface area contributed by atoms with E-state index in [1.807, 2.05) is 18.2 Å². The van der Waals surface area contributed by atoms with Crippen molar-refractivity contribution in [2.45, 2.75) is 200 Å². The number of carbonyl (C=O) groups excluding carboxylic acids is 3. The number of phenols is 2. The van der Waals surface area contributed by atoms with Gasteiger partial charge < -0.3 is 44.5 Å². The Hall–Kier alpha value is -4.77. The average molecular weight is 1090 g/mol. The number of hydrogen-bond acceptors (Lipinski definition) is 15. The lowest BCUT2D eigenvalue weighted by Crippen LogP contribution is -2.76. The number of ketones is 3. The molecule has 3 saturated heterocycles. The lowest BCUT2D eigenvalue weighted by Gasteiger charge is -2.63. The highest BCUT2D eigenvalue weighted by Gasteiger charge is 2.75. The van der Waals surface area contributed by atoms with Gasteiger partial charge in [0.2, 0.25) is 0 Å². The number of nitrogens with zero attached hydrogens (tertiary/aromatic N) is 3. The van der Waals surface area contributed by atoms with Crippen LogP contribution in [0.2, 0.25) is 0 Å². The molecule has 11 atom stereocenters. The van der Waals surface area contributed by atoms with Gasteiger partial charge in [0.25, 0.3) is 0 Å². The molecule has 0 aromatic heterocycles. The number of phenolic OH excluding ortho intramolecular Hbond substituents is 2. The van der Waals surface area contributed by atoms with Gasteiger partial charge in [-0.3, -0.25) is 29.1 Å². The first-order valence-corrected chi connectivity index (χ1v) is 29.4. The molecular formula is C64H83N3O12. The summed E-state index contributed by atoms with van der Waals surface area (Å²) in [6.45, 7) is 5.91. The van der Waals surface area contributed by atoms with E-state index in [4.69, 9.17) is 18.9 Å². The fraction of sp³-hybridized carbons (Fsp3) is 0.672. The van der Waals surface area contributed by atoms with Gasteiger partial charge in [-0.2, -0.15) is 0 Å². The third-order valence-electron chi connectivity index (χ3n) is 22.8. The van der Waals surface area contributed by atoms with Gasteiger partial charge in [-0.15, -0.1) is 0 Å². The summed E-state index contributed by atoms with van der Waals surface area (Å²) in [6, 6.07) is 11.7. The molecule has 3 aromatic carbocycles. The molecule has 14 aliphatic rings. The quantitative estimate of drug-likeness (QED) is 0.158. The summed E-state index contributed by atoms with van der Waals surface area (Å²) >= 11 is 0. The van der Waals surface area contributed by atoms with Crippen molar-refractivity contribution >= 4 is 17.3 Å². The van der Waals surface area contributed by atoms with Gasteiger partial charge in [-0.1, -0.05) is 33.1 Å². The predicted octanol–water partition coefficient (Wildman–Crippen LogP) is 6.79. The molecule has 0 amide bonds. The largest absolute Gasteiger partial charge is 0.504 e. The number of aliphatic hydroxyl groups is 3. The highest BCUT2D eigenvalue weighted by atomic mass is 16.5. The van der Waals surface area contributed by atoms with E-state index in [0.29, 0.717) is 74.4 Å². The van der Waals surface area contributed by atoms with Gasteiger partial charge in [-0.25, -0.2) is 0 Å². The summed E-state index contributed by atoms with van der Waals surface area (Å²) in [5.74, 6) is 5.21. The van der Waals surface area contributed by atoms with E-state index in [1.165, 1.54) is 44.1 Å². The van der Waals surface area contributed by atoms with Gasteiger partial charge in [0.15, 0.2) is 58.3 Å². The highest BCUT2D eigenvalue weighted by molar-refractivity contribution is 5.91. The average Bonchev–Trinajstić information content (AvgIpc) is 4.03. The standard InChI is InChI=1S/C21H25NO4.C21H27NO4.C20H23NO4.2CH4/c1-25-15-5-4-13-10-16-21(24)7-6-14(23)19-20(21,17(13)18(15)26-19)8-9-22(16)11-12-2-3-12;1-26-16-5-4-14-10-17-21(25)7-6-15(23)11-20(21,18(14)19(16)24)8-9-22(17)12-13-2-3-13;22-13-4-3-12-9-15-20(24)6-5-14(23)18-19(20,16(12)17(13)25-18)7-8-21(15)10-11-1-2-11;;/h4-5,12,16,19,24H,2-3,6-11H2,1H3;4-5,13,17,24-25H,2-3,6-12H2,1H3;3-4,11,15,18,22,24H,1-2,5-10H2;2*1H4/t16-,19?,20+,21-;17-,20-,21-;15-,18?,19+,20-;;/m111../s1. The third kappa shape index (κ3) is 7.20. The van der Waals surface area contributed by atoms with Crippen molar-refractivity contribution in [2.75, 3.05) is 53.5 Å². The minimum absolute atomic E-state index is 0. The summed E-state index contributed by atoms with van der Waals surface area (Å²) in [5, 5.41) is 57.3. The Morgan fingerprint density at radius 2 is 0.962 bits per heavy atom. The Kier molecular flexibility index (Phi) is 12.4. The molecule has 2 spiro atoms. The lowest BCUT2D eigenvalue weighted by molar-refractivity contribution is -0.188. The number of hydrogen-bond donors (Lipinski definition) is 5. The summed E-state index contributed by atoms with van der Waals surface area (Å²) in [4.78, 5) is 45.5. The molecule has 79 heavy (non-hydrogen) atoms. The second-order valence-electron chi connectivity index (χ2n) is 26.4. The number of aromatic hydroxyl groups is 2. The second-order valence-corrected chi connectivity index (χ2v) is 26.4. The van der Waals surface area contributed by atoms with E-state index in [1.54, 1.807) is 26.4 Å². The number of Topliss-reactive ketones (excluding diaryl/α,β-unsaturated/α-hetero) is 3. The van der Waals surface area contributed by atoms with Crippen molar-refractivity contribution < 1.29 is 58.9 Å². The molecule has 15 heteroatoms. The van der Waals surface area contributed by atoms with E-state index < -0.39 is 45.3 Å². The maximum Gasteiger partial charge on any atom is 0.174 e. The molecule has 0 radical (unpaired) electrons. The molecular weight excluding hydrogens is 1000 g/mol. The fourth-order valence-corrected chi connectivity index (χ4v) is 18.7. The van der Waals surface area contributed by atoms with E-state index in [9.17, 15) is 39.9 Å². The number of likely N-dealkylation sites (tertiary alicyclic amines) is 3. The molecule has 3 aromatic rings. The molecule has 5 heterocycles. The summed E-state index contributed by atoms with van der Waals surface area (Å²) in [5.41, 5.74) is 1.48. The van der Waals surface area contributed by atoms with Crippen LogP contribution < -0.4 is 18.9 Å². The third-order valence-corrected chi connectivity index (χ3v) is 22.8. The van der Waals surface area contributed by atoms with Crippen molar-refractivity contribution in [3.8, 4) is 34.5 Å². The number of piperidine rings is 3. The van der Waals surface area contributed by atoms with Crippen LogP contribution in [0.5, 0.6) is 34.5 Å². The summed E-state index contributed by atoms with van der Waals surface area (Å²) in [6.07, 6.45) is 14.3. The second kappa shape index (κ2) is 18.4. The van der Waals surface area contributed by atoms with Crippen LogP contribution in [0.4, 0.5) is 0 Å². The van der Waals surface area contributed by atoms with Gasteiger partial charge in [0.1, 0.15) is 5.78 Å². The Bertz CT molecular complexity index is 3020. The lowest BCUT2D eigenvalue weighted by atomic mass is 9.49. The predicted molar refractivity (Wildman–Crippen MR) is 294 cm³/mol. The zero-order valence-corrected chi connectivity index (χ0v) is 44.7. The Balaban J connectivity index is 0.000000111. The molecule has 6 bridgehead atoms. The van der Waals surface area contributed by atoms with Crippen LogP contribution in [0.1, 0.15) is 151 Å². The van der Waals surface area contributed by atoms with E-state index >= 15 is 0 Å². The molecule has 17 rings (SSSR count). The molecule has 5 aliphatic heterocycles. The zero-order valence-electron chi connectivity index (χ0n) is 44.7. The normalized spacial score (nSPS) is 38.3. The smallest absolute Gasteiger partial charge is 0.174 e.